The molecule has 0 saturated carbocycles. The SMILES string of the molecule is O=[N+]([O-])c1cc[n+]([O-])cc1Oc1cccc2ccccc12. The molecule has 0 spiro atoms. The van der Waals surface area contributed by atoms with Crippen molar-refractivity contribution in [1.82, 2.24) is 0 Å². The molecule has 0 aliphatic carbocycles. The van der Waals surface area contributed by atoms with E-state index in [-0.39, 0.29) is 11.4 Å². The molecule has 0 bridgehead atoms. The lowest BCUT2D eigenvalue weighted by Crippen LogP contribution is -2.24. The summed E-state index contributed by atoms with van der Waals surface area (Å²) in [4.78, 5) is 10.4. The van der Waals surface area contributed by atoms with Crippen molar-refractivity contribution < 1.29 is 14.4 Å². The molecule has 0 saturated heterocycles. The molecule has 0 amide bonds. The highest BCUT2D eigenvalue weighted by molar-refractivity contribution is 5.88. The third-order valence-electron chi connectivity index (χ3n) is 3.04. The van der Waals surface area contributed by atoms with E-state index >= 15 is 0 Å². The van der Waals surface area contributed by atoms with Crippen LogP contribution in [0.3, 0.4) is 0 Å². The predicted molar refractivity (Wildman–Crippen MR) is 76.1 cm³/mol. The maximum Gasteiger partial charge on any atom is 0.323 e. The molecular formula is C15H10N2O4. The zero-order chi connectivity index (χ0) is 14.8. The number of nitro groups is 1. The van der Waals surface area contributed by atoms with E-state index in [0.29, 0.717) is 10.5 Å². The Morgan fingerprint density at radius 3 is 2.57 bits per heavy atom. The van der Waals surface area contributed by atoms with E-state index in [1.807, 2.05) is 30.3 Å². The summed E-state index contributed by atoms with van der Waals surface area (Å²) in [5, 5.41) is 24.1. The Bertz CT molecular complexity index is 828. The molecule has 2 aromatic carbocycles. The summed E-state index contributed by atoms with van der Waals surface area (Å²) in [5.74, 6) is 0.372. The van der Waals surface area contributed by atoms with Crippen LogP contribution < -0.4 is 9.47 Å². The summed E-state index contributed by atoms with van der Waals surface area (Å²) >= 11 is 0. The van der Waals surface area contributed by atoms with E-state index in [4.69, 9.17) is 4.74 Å². The largest absolute Gasteiger partial charge is 0.619 e. The van der Waals surface area contributed by atoms with Gasteiger partial charge in [-0.1, -0.05) is 36.4 Å². The molecule has 0 fully saturated rings. The maximum absolute atomic E-state index is 11.3. The smallest absolute Gasteiger partial charge is 0.323 e. The molecule has 0 aliphatic rings. The van der Waals surface area contributed by atoms with E-state index < -0.39 is 4.92 Å². The normalized spacial score (nSPS) is 10.5. The minimum atomic E-state index is -0.583. The monoisotopic (exact) mass is 282 g/mol. The van der Waals surface area contributed by atoms with Crippen molar-refractivity contribution in [2.24, 2.45) is 0 Å². The summed E-state index contributed by atoms with van der Waals surface area (Å²) in [6.07, 6.45) is 2.11. The number of hydrogen-bond donors (Lipinski definition) is 0. The Morgan fingerprint density at radius 2 is 1.76 bits per heavy atom. The average Bonchev–Trinajstić information content (AvgIpc) is 2.47. The first-order chi connectivity index (χ1) is 10.1. The fourth-order valence-corrected chi connectivity index (χ4v) is 2.08. The van der Waals surface area contributed by atoms with Crippen LogP contribution in [0.2, 0.25) is 0 Å². The molecule has 1 heterocycles. The van der Waals surface area contributed by atoms with Crippen LogP contribution in [0.5, 0.6) is 11.5 Å². The van der Waals surface area contributed by atoms with Gasteiger partial charge in [-0.05, 0) is 11.5 Å². The molecule has 3 rings (SSSR count). The van der Waals surface area contributed by atoms with Crippen LogP contribution >= 0.6 is 0 Å². The number of fused-ring (bicyclic) bond motifs is 1. The number of rotatable bonds is 3. The quantitative estimate of drug-likeness (QED) is 0.320. The van der Waals surface area contributed by atoms with Gasteiger partial charge in [0.15, 0.2) is 6.20 Å². The van der Waals surface area contributed by atoms with Crippen LogP contribution in [0.1, 0.15) is 0 Å². The molecular weight excluding hydrogens is 272 g/mol. The number of pyridine rings is 1. The van der Waals surface area contributed by atoms with E-state index in [0.717, 1.165) is 29.2 Å². The van der Waals surface area contributed by atoms with Gasteiger partial charge in [0, 0.05) is 5.39 Å². The molecule has 0 N–H and O–H groups in total. The van der Waals surface area contributed by atoms with Gasteiger partial charge >= 0.3 is 5.69 Å². The molecule has 0 atom stereocenters. The fourth-order valence-electron chi connectivity index (χ4n) is 2.08. The summed E-state index contributed by atoms with van der Waals surface area (Å²) in [7, 11) is 0. The Kier molecular flexibility index (Phi) is 3.12. The van der Waals surface area contributed by atoms with Gasteiger partial charge in [-0.15, -0.1) is 0 Å². The number of benzene rings is 2. The van der Waals surface area contributed by atoms with Gasteiger partial charge in [-0.3, -0.25) is 10.1 Å². The van der Waals surface area contributed by atoms with E-state index in [2.05, 4.69) is 0 Å². The number of ether oxygens (including phenoxy) is 1. The number of aromatic nitrogens is 1. The summed E-state index contributed by atoms with van der Waals surface area (Å²) in [6.45, 7) is 0. The van der Waals surface area contributed by atoms with Crippen LogP contribution in [0.4, 0.5) is 5.69 Å². The molecule has 0 unspecified atom stereocenters. The lowest BCUT2D eigenvalue weighted by molar-refractivity contribution is -0.606. The van der Waals surface area contributed by atoms with Crippen molar-refractivity contribution in [3.8, 4) is 11.5 Å². The van der Waals surface area contributed by atoms with Gasteiger partial charge in [-0.2, -0.15) is 4.73 Å². The minimum Gasteiger partial charge on any atom is -0.619 e. The van der Waals surface area contributed by atoms with Crippen molar-refractivity contribution >= 4 is 16.5 Å². The van der Waals surface area contributed by atoms with Gasteiger partial charge in [0.2, 0.25) is 6.20 Å². The van der Waals surface area contributed by atoms with Gasteiger partial charge in [-0.25, -0.2) is 0 Å². The Balaban J connectivity index is 2.11. The zero-order valence-corrected chi connectivity index (χ0v) is 10.8. The molecule has 104 valence electrons. The van der Waals surface area contributed by atoms with Crippen molar-refractivity contribution in [3.63, 3.8) is 0 Å². The van der Waals surface area contributed by atoms with Crippen LogP contribution in [0.25, 0.3) is 10.8 Å². The number of hydrogen-bond acceptors (Lipinski definition) is 4. The molecule has 0 aliphatic heterocycles. The molecule has 6 nitrogen and oxygen atoms in total. The molecule has 1 aromatic heterocycles. The van der Waals surface area contributed by atoms with Gasteiger partial charge in [0.25, 0.3) is 5.75 Å². The first-order valence-corrected chi connectivity index (χ1v) is 6.18. The predicted octanol–water partition coefficient (Wildman–Crippen LogP) is 3.17. The third-order valence-corrected chi connectivity index (χ3v) is 3.04. The average molecular weight is 282 g/mol. The lowest BCUT2D eigenvalue weighted by atomic mass is 10.1. The van der Waals surface area contributed by atoms with Gasteiger partial charge in [0.1, 0.15) is 5.75 Å². The standard InChI is InChI=1S/C15H10N2O4/c18-16-9-8-13(17(19)20)15(10-16)21-14-7-3-5-11-4-1-2-6-12(11)14/h1-10H. The third kappa shape index (κ3) is 2.46. The van der Waals surface area contributed by atoms with E-state index in [1.165, 1.54) is 0 Å². The Hall–Kier alpha value is -3.15. The highest BCUT2D eigenvalue weighted by atomic mass is 16.6. The summed E-state index contributed by atoms with van der Waals surface area (Å²) in [6, 6.07) is 14.0. The second-order valence-corrected chi connectivity index (χ2v) is 4.39. The first-order valence-electron chi connectivity index (χ1n) is 6.18. The Morgan fingerprint density at radius 1 is 1.00 bits per heavy atom. The highest BCUT2D eigenvalue weighted by Crippen LogP contribution is 2.33. The summed E-state index contributed by atoms with van der Waals surface area (Å²) in [5.41, 5.74) is -0.255. The second kappa shape index (κ2) is 5.09. The Labute approximate surface area is 119 Å². The van der Waals surface area contributed by atoms with Crippen LogP contribution in [0, 0.1) is 15.3 Å². The molecule has 3 aromatic rings. The van der Waals surface area contributed by atoms with E-state index in [9.17, 15) is 15.3 Å². The summed E-state index contributed by atoms with van der Waals surface area (Å²) < 4.78 is 6.07. The van der Waals surface area contributed by atoms with Crippen molar-refractivity contribution in [3.05, 3.63) is 76.2 Å². The maximum atomic E-state index is 11.3. The topological polar surface area (TPSA) is 79.3 Å². The second-order valence-electron chi connectivity index (χ2n) is 4.39. The van der Waals surface area contributed by atoms with Crippen LogP contribution in [0.15, 0.2) is 60.9 Å². The molecule has 0 radical (unpaired) electrons. The zero-order valence-electron chi connectivity index (χ0n) is 10.8. The molecule has 21 heavy (non-hydrogen) atoms. The van der Waals surface area contributed by atoms with Gasteiger partial charge < -0.3 is 9.94 Å². The van der Waals surface area contributed by atoms with Crippen LogP contribution in [-0.4, -0.2) is 4.92 Å². The lowest BCUT2D eigenvalue weighted by Gasteiger charge is -2.08. The van der Waals surface area contributed by atoms with Crippen molar-refractivity contribution in [2.75, 3.05) is 0 Å². The van der Waals surface area contributed by atoms with Crippen molar-refractivity contribution in [1.29, 1.82) is 0 Å². The molecule has 6 heteroatoms. The fraction of sp³-hybridized carbons (Fsp3) is 0. The highest BCUT2D eigenvalue weighted by Gasteiger charge is 2.20. The van der Waals surface area contributed by atoms with Gasteiger partial charge in [0.05, 0.1) is 11.0 Å². The minimum absolute atomic E-state index is 0.0890. The van der Waals surface area contributed by atoms with Crippen LogP contribution in [-0.2, 0) is 0 Å². The van der Waals surface area contributed by atoms with Crippen molar-refractivity contribution in [2.45, 2.75) is 0 Å². The van der Waals surface area contributed by atoms with E-state index in [1.54, 1.807) is 12.1 Å². The first kappa shape index (κ1) is 12.9. The number of nitrogens with zero attached hydrogens (tertiary/aromatic N) is 2.